The van der Waals surface area contributed by atoms with E-state index in [9.17, 15) is 4.79 Å². The van der Waals surface area contributed by atoms with Crippen molar-refractivity contribution in [2.45, 2.75) is 13.0 Å². The van der Waals surface area contributed by atoms with E-state index in [1.54, 1.807) is 52.8 Å². The number of benzene rings is 1. The Balaban J connectivity index is 2.39. The maximum Gasteiger partial charge on any atom is 0.335 e. The highest BCUT2D eigenvalue weighted by Gasteiger charge is 2.23. The van der Waals surface area contributed by atoms with Gasteiger partial charge in [0.05, 0.1) is 39.6 Å². The summed E-state index contributed by atoms with van der Waals surface area (Å²) in [6.45, 7) is 5.94. The molecule has 2 N–H and O–H groups in total. The molecule has 7 nitrogen and oxygen atoms in total. The van der Waals surface area contributed by atoms with E-state index in [-0.39, 0.29) is 6.61 Å². The van der Waals surface area contributed by atoms with Gasteiger partial charge in [0.2, 0.25) is 5.75 Å². The van der Waals surface area contributed by atoms with Crippen molar-refractivity contribution >= 4 is 11.7 Å². The quantitative estimate of drug-likeness (QED) is 0.527. The minimum absolute atomic E-state index is 0.280. The molecular formula is C19H24N2O5. The summed E-state index contributed by atoms with van der Waals surface area (Å²) in [7, 11) is 4.63. The maximum atomic E-state index is 12.2. The van der Waals surface area contributed by atoms with Gasteiger partial charge in [0.1, 0.15) is 0 Å². The van der Waals surface area contributed by atoms with E-state index in [1.807, 2.05) is 6.07 Å². The molecule has 1 aromatic heterocycles. The topological polar surface area (TPSA) is 81.8 Å². The number of esters is 1. The molecule has 1 aromatic carbocycles. The predicted molar refractivity (Wildman–Crippen MR) is 99.0 cm³/mol. The van der Waals surface area contributed by atoms with Crippen molar-refractivity contribution in [2.24, 2.45) is 0 Å². The number of nitrogens with one attached hydrogen (secondary N) is 2. The molecule has 0 saturated carbocycles. The van der Waals surface area contributed by atoms with E-state index >= 15 is 0 Å². The molecule has 0 radical (unpaired) electrons. The molecule has 0 saturated heterocycles. The number of H-pyrrole nitrogens is 1. The monoisotopic (exact) mass is 360 g/mol. The largest absolute Gasteiger partial charge is 0.493 e. The number of anilines is 1. The fourth-order valence-corrected chi connectivity index (χ4v) is 2.56. The van der Waals surface area contributed by atoms with Crippen molar-refractivity contribution in [1.82, 2.24) is 4.98 Å². The van der Waals surface area contributed by atoms with Gasteiger partial charge < -0.3 is 29.2 Å². The normalized spacial score (nSPS) is 11.4. The first-order valence-corrected chi connectivity index (χ1v) is 8.10. The second-order valence-corrected chi connectivity index (χ2v) is 5.38. The highest BCUT2D eigenvalue weighted by atomic mass is 16.5. The van der Waals surface area contributed by atoms with E-state index in [1.165, 1.54) is 0 Å². The van der Waals surface area contributed by atoms with Gasteiger partial charge in [-0.3, -0.25) is 0 Å². The number of rotatable bonds is 9. The van der Waals surface area contributed by atoms with Gasteiger partial charge in [-0.15, -0.1) is 0 Å². The molecule has 7 heteroatoms. The van der Waals surface area contributed by atoms with Gasteiger partial charge >= 0.3 is 5.97 Å². The van der Waals surface area contributed by atoms with Crippen LogP contribution in [0.25, 0.3) is 0 Å². The minimum atomic E-state index is -0.483. The molecule has 0 amide bonds. The molecule has 0 aliphatic carbocycles. The number of hydrogen-bond donors (Lipinski definition) is 2. The molecule has 1 unspecified atom stereocenters. The molecule has 2 aromatic rings. The van der Waals surface area contributed by atoms with Gasteiger partial charge in [-0.25, -0.2) is 4.79 Å². The second kappa shape index (κ2) is 8.84. The molecule has 0 aliphatic heterocycles. The van der Waals surface area contributed by atoms with Crippen LogP contribution in [0, 0.1) is 0 Å². The van der Waals surface area contributed by atoms with Crippen LogP contribution in [-0.2, 0) is 9.53 Å². The van der Waals surface area contributed by atoms with Crippen molar-refractivity contribution in [3.05, 3.63) is 48.3 Å². The highest BCUT2D eigenvalue weighted by Crippen LogP contribution is 2.41. The molecule has 2 rings (SSSR count). The third-order valence-electron chi connectivity index (χ3n) is 3.82. The van der Waals surface area contributed by atoms with E-state index in [0.29, 0.717) is 28.5 Å². The molecular weight excluding hydrogens is 336 g/mol. The fourth-order valence-electron chi connectivity index (χ4n) is 2.56. The molecule has 140 valence electrons. The van der Waals surface area contributed by atoms with E-state index in [4.69, 9.17) is 18.9 Å². The Hall–Kier alpha value is -3.09. The SMILES string of the molecule is C=C(C(=O)OCC)C(Nc1cc(OC)c(OC)c(OC)c1)c1cc[nH]c1. The Bertz CT molecular complexity index is 730. The first-order valence-electron chi connectivity index (χ1n) is 8.10. The summed E-state index contributed by atoms with van der Waals surface area (Å²) in [5.74, 6) is 1.04. The number of methoxy groups -OCH3 is 3. The van der Waals surface area contributed by atoms with Crippen molar-refractivity contribution in [3.8, 4) is 17.2 Å². The third-order valence-corrected chi connectivity index (χ3v) is 3.82. The Morgan fingerprint density at radius 2 is 1.85 bits per heavy atom. The minimum Gasteiger partial charge on any atom is -0.493 e. The zero-order chi connectivity index (χ0) is 19.1. The standard InChI is InChI=1S/C19H24N2O5/c1-6-26-19(22)12(2)17(13-7-8-20-11-13)21-14-9-15(23-3)18(25-5)16(10-14)24-4/h7-11,17,20-21H,2,6H2,1,3-5H3. The third kappa shape index (κ3) is 4.11. The molecule has 0 fully saturated rings. The maximum absolute atomic E-state index is 12.2. The van der Waals surface area contributed by atoms with Crippen LogP contribution in [0.15, 0.2) is 42.7 Å². The van der Waals surface area contributed by atoms with Gasteiger partial charge in [-0.1, -0.05) is 6.58 Å². The van der Waals surface area contributed by atoms with Gasteiger partial charge in [-0.2, -0.15) is 0 Å². The van der Waals surface area contributed by atoms with E-state index in [2.05, 4.69) is 16.9 Å². The Morgan fingerprint density at radius 3 is 2.31 bits per heavy atom. The van der Waals surface area contributed by atoms with Crippen LogP contribution < -0.4 is 19.5 Å². The predicted octanol–water partition coefficient (Wildman–Crippen LogP) is 3.31. The van der Waals surface area contributed by atoms with Crippen LogP contribution in [0.4, 0.5) is 5.69 Å². The van der Waals surface area contributed by atoms with Crippen molar-refractivity contribution < 1.29 is 23.7 Å². The van der Waals surface area contributed by atoms with Crippen LogP contribution in [0.1, 0.15) is 18.5 Å². The van der Waals surface area contributed by atoms with Gasteiger partial charge in [0.15, 0.2) is 11.5 Å². The van der Waals surface area contributed by atoms with E-state index in [0.717, 1.165) is 5.56 Å². The van der Waals surface area contributed by atoms with Crippen molar-refractivity contribution in [2.75, 3.05) is 33.3 Å². The number of aromatic amines is 1. The lowest BCUT2D eigenvalue weighted by molar-refractivity contribution is -0.138. The lowest BCUT2D eigenvalue weighted by atomic mass is 10.0. The van der Waals surface area contributed by atoms with Crippen LogP contribution in [0.5, 0.6) is 17.2 Å². The molecule has 0 bridgehead atoms. The summed E-state index contributed by atoms with van der Waals surface area (Å²) in [6.07, 6.45) is 3.57. The Morgan fingerprint density at radius 1 is 1.19 bits per heavy atom. The summed E-state index contributed by atoms with van der Waals surface area (Å²) in [5.41, 5.74) is 1.81. The zero-order valence-electron chi connectivity index (χ0n) is 15.4. The van der Waals surface area contributed by atoms with Crippen LogP contribution in [-0.4, -0.2) is 38.9 Å². The highest BCUT2D eigenvalue weighted by molar-refractivity contribution is 5.90. The van der Waals surface area contributed by atoms with E-state index < -0.39 is 12.0 Å². The lowest BCUT2D eigenvalue weighted by Crippen LogP contribution is -2.20. The number of hydrogen-bond acceptors (Lipinski definition) is 6. The van der Waals surface area contributed by atoms with Gasteiger partial charge in [0.25, 0.3) is 0 Å². The lowest BCUT2D eigenvalue weighted by Gasteiger charge is -2.22. The smallest absolute Gasteiger partial charge is 0.335 e. The number of carbonyl (C=O) groups is 1. The van der Waals surface area contributed by atoms with Crippen molar-refractivity contribution in [3.63, 3.8) is 0 Å². The average molecular weight is 360 g/mol. The zero-order valence-corrected chi connectivity index (χ0v) is 15.4. The molecule has 1 atom stereocenters. The number of ether oxygens (including phenoxy) is 4. The molecule has 0 spiro atoms. The first-order chi connectivity index (χ1) is 12.5. The first kappa shape index (κ1) is 19.2. The fraction of sp³-hybridized carbons (Fsp3) is 0.316. The molecule has 1 heterocycles. The average Bonchev–Trinajstić information content (AvgIpc) is 3.19. The van der Waals surface area contributed by atoms with Crippen molar-refractivity contribution in [1.29, 1.82) is 0 Å². The Kier molecular flexibility index (Phi) is 6.54. The molecule has 0 aliphatic rings. The Labute approximate surface area is 152 Å². The summed E-state index contributed by atoms with van der Waals surface area (Å²) in [4.78, 5) is 15.2. The number of aromatic nitrogens is 1. The summed E-state index contributed by atoms with van der Waals surface area (Å²) in [5, 5.41) is 3.29. The summed E-state index contributed by atoms with van der Waals surface area (Å²) in [6, 6.07) is 4.90. The van der Waals surface area contributed by atoms with Crippen LogP contribution in [0.3, 0.4) is 0 Å². The number of carbonyl (C=O) groups excluding carboxylic acids is 1. The summed E-state index contributed by atoms with van der Waals surface area (Å²) < 4.78 is 21.2. The van der Waals surface area contributed by atoms with Crippen LogP contribution in [0.2, 0.25) is 0 Å². The second-order valence-electron chi connectivity index (χ2n) is 5.38. The summed E-state index contributed by atoms with van der Waals surface area (Å²) >= 11 is 0. The molecule has 26 heavy (non-hydrogen) atoms. The van der Waals surface area contributed by atoms with Crippen LogP contribution >= 0.6 is 0 Å². The van der Waals surface area contributed by atoms with Gasteiger partial charge in [0, 0.05) is 30.2 Å². The van der Waals surface area contributed by atoms with Gasteiger partial charge in [-0.05, 0) is 18.6 Å².